The van der Waals surface area contributed by atoms with Gasteiger partial charge in [0.15, 0.2) is 0 Å². The number of hydrogen-bond donors (Lipinski definition) is 1. The van der Waals surface area contributed by atoms with Crippen LogP contribution >= 0.6 is 15.9 Å². The number of aromatic nitrogens is 1. The van der Waals surface area contributed by atoms with E-state index in [0.717, 1.165) is 16.7 Å². The highest BCUT2D eigenvalue weighted by molar-refractivity contribution is 9.10. The first-order valence-electron chi connectivity index (χ1n) is 5.68. The van der Waals surface area contributed by atoms with E-state index in [4.69, 9.17) is 4.52 Å². The molecular formula is C13H15BrN2O. The monoisotopic (exact) mass is 294 g/mol. The molecule has 17 heavy (non-hydrogen) atoms. The zero-order chi connectivity index (χ0) is 12.1. The molecule has 0 fully saturated rings. The zero-order valence-corrected chi connectivity index (χ0v) is 11.3. The van der Waals surface area contributed by atoms with Gasteiger partial charge >= 0.3 is 0 Å². The Morgan fingerprint density at radius 3 is 2.65 bits per heavy atom. The smallest absolute Gasteiger partial charge is 0.150 e. The number of halogens is 1. The van der Waals surface area contributed by atoms with E-state index in [2.05, 4.69) is 57.6 Å². The van der Waals surface area contributed by atoms with Crippen molar-refractivity contribution in [2.45, 2.75) is 25.9 Å². The maximum absolute atomic E-state index is 5.06. The highest BCUT2D eigenvalue weighted by atomic mass is 79.9. The van der Waals surface area contributed by atoms with E-state index < -0.39 is 0 Å². The summed E-state index contributed by atoms with van der Waals surface area (Å²) in [5.74, 6) is 0.862. The quantitative estimate of drug-likeness (QED) is 0.914. The number of nitrogens with one attached hydrogen (secondary N) is 1. The summed E-state index contributed by atoms with van der Waals surface area (Å²) in [6, 6.07) is 10.6. The predicted octanol–water partition coefficient (Wildman–Crippen LogP) is 3.68. The van der Waals surface area contributed by atoms with Crippen LogP contribution in [0.15, 0.2) is 45.5 Å². The molecule has 2 aromatic rings. The van der Waals surface area contributed by atoms with Gasteiger partial charge in [0.2, 0.25) is 0 Å². The van der Waals surface area contributed by atoms with Crippen molar-refractivity contribution in [2.75, 3.05) is 0 Å². The summed E-state index contributed by atoms with van der Waals surface area (Å²) < 4.78 is 6.17. The van der Waals surface area contributed by atoms with Gasteiger partial charge in [0.05, 0.1) is 12.7 Å². The standard InChI is InChI=1S/C13H15BrN2O/c1-2-13(10-3-5-11(14)6-4-10)15-9-12-7-8-16-17-12/h3-8,13,15H,2,9H2,1H3. The highest BCUT2D eigenvalue weighted by Crippen LogP contribution is 2.19. The van der Waals surface area contributed by atoms with Gasteiger partial charge < -0.3 is 9.84 Å². The van der Waals surface area contributed by atoms with Gasteiger partial charge in [0, 0.05) is 16.6 Å². The molecule has 0 aliphatic carbocycles. The Hall–Kier alpha value is -1.13. The van der Waals surface area contributed by atoms with Crippen LogP contribution in [0.2, 0.25) is 0 Å². The van der Waals surface area contributed by atoms with Crippen LogP contribution in [0.25, 0.3) is 0 Å². The molecule has 0 spiro atoms. The van der Waals surface area contributed by atoms with Crippen LogP contribution in [0.5, 0.6) is 0 Å². The summed E-state index contributed by atoms with van der Waals surface area (Å²) >= 11 is 3.44. The second kappa shape index (κ2) is 5.98. The van der Waals surface area contributed by atoms with E-state index in [1.54, 1.807) is 6.20 Å². The Labute approximate surface area is 109 Å². The van der Waals surface area contributed by atoms with Gasteiger partial charge in [0.25, 0.3) is 0 Å². The molecule has 1 N–H and O–H groups in total. The van der Waals surface area contributed by atoms with Crippen LogP contribution in [0, 0.1) is 0 Å². The van der Waals surface area contributed by atoms with Crippen LogP contribution < -0.4 is 5.32 Å². The molecule has 90 valence electrons. The average Bonchev–Trinajstić information content (AvgIpc) is 2.85. The van der Waals surface area contributed by atoms with Gasteiger partial charge in [0.1, 0.15) is 5.76 Å². The normalized spacial score (nSPS) is 12.6. The maximum atomic E-state index is 5.06. The van der Waals surface area contributed by atoms with Crippen molar-refractivity contribution < 1.29 is 4.52 Å². The molecule has 0 aliphatic rings. The lowest BCUT2D eigenvalue weighted by Gasteiger charge is -2.16. The van der Waals surface area contributed by atoms with Crippen molar-refractivity contribution in [2.24, 2.45) is 0 Å². The van der Waals surface area contributed by atoms with E-state index in [-0.39, 0.29) is 0 Å². The topological polar surface area (TPSA) is 38.1 Å². The molecule has 1 aromatic carbocycles. The first-order valence-corrected chi connectivity index (χ1v) is 6.47. The summed E-state index contributed by atoms with van der Waals surface area (Å²) in [5.41, 5.74) is 1.29. The molecule has 3 nitrogen and oxygen atoms in total. The van der Waals surface area contributed by atoms with Gasteiger partial charge in [-0.25, -0.2) is 0 Å². The largest absolute Gasteiger partial charge is 0.360 e. The molecule has 0 radical (unpaired) electrons. The SMILES string of the molecule is CCC(NCc1ccno1)c1ccc(Br)cc1. The van der Waals surface area contributed by atoms with Crippen molar-refractivity contribution >= 4 is 15.9 Å². The third-order valence-corrected chi connectivity index (χ3v) is 3.22. The van der Waals surface area contributed by atoms with E-state index >= 15 is 0 Å². The van der Waals surface area contributed by atoms with Gasteiger partial charge in [-0.1, -0.05) is 40.1 Å². The molecule has 0 bridgehead atoms. The van der Waals surface area contributed by atoms with Gasteiger partial charge in [-0.3, -0.25) is 0 Å². The number of hydrogen-bond acceptors (Lipinski definition) is 3. The minimum atomic E-state index is 0.341. The second-order valence-electron chi connectivity index (χ2n) is 3.87. The van der Waals surface area contributed by atoms with E-state index in [9.17, 15) is 0 Å². The fourth-order valence-corrected chi connectivity index (χ4v) is 2.01. The van der Waals surface area contributed by atoms with Crippen LogP contribution in [-0.4, -0.2) is 5.16 Å². The Morgan fingerprint density at radius 1 is 1.29 bits per heavy atom. The summed E-state index contributed by atoms with van der Waals surface area (Å²) in [4.78, 5) is 0. The Bertz CT molecular complexity index is 439. The van der Waals surface area contributed by atoms with Crippen molar-refractivity contribution in [1.82, 2.24) is 10.5 Å². The fraction of sp³-hybridized carbons (Fsp3) is 0.308. The summed E-state index contributed by atoms with van der Waals surface area (Å²) in [7, 11) is 0. The predicted molar refractivity (Wildman–Crippen MR) is 70.5 cm³/mol. The zero-order valence-electron chi connectivity index (χ0n) is 9.69. The molecule has 0 saturated heterocycles. The molecular weight excluding hydrogens is 280 g/mol. The molecule has 2 rings (SSSR count). The Kier molecular flexibility index (Phi) is 4.34. The molecule has 0 amide bonds. The molecule has 0 saturated carbocycles. The lowest BCUT2D eigenvalue weighted by atomic mass is 10.0. The second-order valence-corrected chi connectivity index (χ2v) is 4.79. The number of benzene rings is 1. The summed E-state index contributed by atoms with van der Waals surface area (Å²) in [6.45, 7) is 2.87. The van der Waals surface area contributed by atoms with Gasteiger partial charge in [-0.2, -0.15) is 0 Å². The number of nitrogens with zero attached hydrogens (tertiary/aromatic N) is 1. The van der Waals surface area contributed by atoms with Crippen molar-refractivity contribution in [3.8, 4) is 0 Å². The lowest BCUT2D eigenvalue weighted by Crippen LogP contribution is -2.19. The molecule has 1 heterocycles. The molecule has 1 unspecified atom stereocenters. The molecule has 0 aliphatic heterocycles. The molecule has 1 atom stereocenters. The van der Waals surface area contributed by atoms with Crippen molar-refractivity contribution in [3.63, 3.8) is 0 Å². The minimum absolute atomic E-state index is 0.341. The van der Waals surface area contributed by atoms with E-state index in [1.165, 1.54) is 5.56 Å². The minimum Gasteiger partial charge on any atom is -0.360 e. The van der Waals surface area contributed by atoms with Gasteiger partial charge in [-0.15, -0.1) is 0 Å². The molecule has 1 aromatic heterocycles. The third-order valence-electron chi connectivity index (χ3n) is 2.69. The maximum Gasteiger partial charge on any atom is 0.150 e. The van der Waals surface area contributed by atoms with Crippen LogP contribution in [-0.2, 0) is 6.54 Å². The fourth-order valence-electron chi connectivity index (χ4n) is 1.75. The highest BCUT2D eigenvalue weighted by Gasteiger charge is 2.09. The third kappa shape index (κ3) is 3.41. The van der Waals surface area contributed by atoms with Crippen LogP contribution in [0.1, 0.15) is 30.7 Å². The first kappa shape index (κ1) is 12.3. The van der Waals surface area contributed by atoms with Crippen molar-refractivity contribution in [3.05, 3.63) is 52.3 Å². The van der Waals surface area contributed by atoms with Crippen LogP contribution in [0.4, 0.5) is 0 Å². The average molecular weight is 295 g/mol. The lowest BCUT2D eigenvalue weighted by molar-refractivity contribution is 0.361. The van der Waals surface area contributed by atoms with E-state index in [0.29, 0.717) is 12.6 Å². The van der Waals surface area contributed by atoms with E-state index in [1.807, 2.05) is 6.07 Å². The summed E-state index contributed by atoms with van der Waals surface area (Å²) in [5, 5.41) is 7.15. The molecule has 4 heteroatoms. The van der Waals surface area contributed by atoms with Crippen LogP contribution in [0.3, 0.4) is 0 Å². The Morgan fingerprint density at radius 2 is 2.06 bits per heavy atom. The first-order chi connectivity index (χ1) is 8.29. The summed E-state index contributed by atoms with van der Waals surface area (Å²) in [6.07, 6.45) is 2.70. The Balaban J connectivity index is 1.99. The number of rotatable bonds is 5. The van der Waals surface area contributed by atoms with Gasteiger partial charge in [-0.05, 0) is 24.1 Å². The van der Waals surface area contributed by atoms with Crippen molar-refractivity contribution in [1.29, 1.82) is 0 Å².